The zero-order valence-electron chi connectivity index (χ0n) is 5.82. The van der Waals surface area contributed by atoms with E-state index in [0.29, 0.717) is 10.9 Å². The minimum absolute atomic E-state index is 0. The van der Waals surface area contributed by atoms with Crippen molar-refractivity contribution in [2.45, 2.75) is 0 Å². The van der Waals surface area contributed by atoms with Crippen LogP contribution in [-0.4, -0.2) is 34.6 Å². The Bertz CT molecular complexity index is 71.4. The van der Waals surface area contributed by atoms with Crippen molar-refractivity contribution in [1.29, 1.82) is 0 Å². The van der Waals surface area contributed by atoms with Crippen molar-refractivity contribution in [1.82, 2.24) is 0 Å². The van der Waals surface area contributed by atoms with Gasteiger partial charge in [-0.15, -0.1) is 11.6 Å². The standard InChI is InChI=1S/C6H12ClS2.ClH/c7-1-4-9-5-2-8-3-6-9;/h1-6H2;1H/q+1;/p-1. The third kappa shape index (κ3) is 4.22. The summed E-state index contributed by atoms with van der Waals surface area (Å²) in [5.74, 6) is 7.74. The summed E-state index contributed by atoms with van der Waals surface area (Å²) in [6.07, 6.45) is 0. The highest BCUT2D eigenvalue weighted by Crippen LogP contribution is 2.13. The van der Waals surface area contributed by atoms with Crippen molar-refractivity contribution in [3.8, 4) is 0 Å². The van der Waals surface area contributed by atoms with Crippen molar-refractivity contribution >= 4 is 34.3 Å². The number of hydrogen-bond donors (Lipinski definition) is 0. The van der Waals surface area contributed by atoms with Crippen molar-refractivity contribution in [3.63, 3.8) is 0 Å². The van der Waals surface area contributed by atoms with Crippen LogP contribution in [0.4, 0.5) is 0 Å². The van der Waals surface area contributed by atoms with E-state index in [2.05, 4.69) is 11.8 Å². The molecule has 0 saturated carbocycles. The molecule has 0 aromatic carbocycles. The molecule has 0 spiro atoms. The molecule has 0 amide bonds. The SMILES string of the molecule is ClCC[S+]1CCSCC1.[Cl-]. The summed E-state index contributed by atoms with van der Waals surface area (Å²) in [5, 5.41) is 0. The van der Waals surface area contributed by atoms with Crippen LogP contribution >= 0.6 is 23.4 Å². The minimum Gasteiger partial charge on any atom is -1.00 e. The van der Waals surface area contributed by atoms with Crippen LogP contribution in [0.5, 0.6) is 0 Å². The first kappa shape index (κ1) is 11.3. The van der Waals surface area contributed by atoms with Crippen molar-refractivity contribution < 1.29 is 12.4 Å². The van der Waals surface area contributed by atoms with E-state index in [1.807, 2.05) is 0 Å². The fourth-order valence-electron chi connectivity index (χ4n) is 0.871. The predicted octanol–water partition coefficient (Wildman–Crippen LogP) is -1.41. The van der Waals surface area contributed by atoms with Gasteiger partial charge in [-0.25, -0.2) is 0 Å². The van der Waals surface area contributed by atoms with E-state index in [4.69, 9.17) is 11.6 Å². The Labute approximate surface area is 81.2 Å². The molecule has 0 N–H and O–H groups in total. The predicted molar refractivity (Wildman–Crippen MR) is 50.0 cm³/mol. The highest BCUT2D eigenvalue weighted by Gasteiger charge is 2.20. The molecule has 0 nitrogen and oxygen atoms in total. The van der Waals surface area contributed by atoms with Gasteiger partial charge in [-0.05, 0) is 10.9 Å². The van der Waals surface area contributed by atoms with Crippen LogP contribution in [0.1, 0.15) is 0 Å². The minimum atomic E-state index is 0. The fourth-order valence-corrected chi connectivity index (χ4v) is 5.39. The molecular formula is C6H12Cl2S2. The van der Waals surface area contributed by atoms with Crippen LogP contribution in [0, 0.1) is 0 Å². The lowest BCUT2D eigenvalue weighted by molar-refractivity contribution is -0.00000173. The molecule has 62 valence electrons. The number of rotatable bonds is 2. The second kappa shape index (κ2) is 6.96. The van der Waals surface area contributed by atoms with Gasteiger partial charge in [0.25, 0.3) is 0 Å². The van der Waals surface area contributed by atoms with Crippen LogP contribution in [0.3, 0.4) is 0 Å². The van der Waals surface area contributed by atoms with Crippen molar-refractivity contribution in [2.24, 2.45) is 0 Å². The normalized spacial score (nSPS) is 20.1. The molecule has 0 unspecified atom stereocenters. The van der Waals surface area contributed by atoms with Gasteiger partial charge >= 0.3 is 0 Å². The zero-order chi connectivity index (χ0) is 6.53. The van der Waals surface area contributed by atoms with Crippen LogP contribution < -0.4 is 12.4 Å². The summed E-state index contributed by atoms with van der Waals surface area (Å²) in [5.41, 5.74) is 0. The molecule has 1 saturated heterocycles. The van der Waals surface area contributed by atoms with Gasteiger partial charge in [0.2, 0.25) is 0 Å². The Hall–Kier alpha value is 1.28. The molecule has 1 fully saturated rings. The van der Waals surface area contributed by atoms with E-state index >= 15 is 0 Å². The molecule has 0 radical (unpaired) electrons. The van der Waals surface area contributed by atoms with Crippen LogP contribution in [-0.2, 0) is 10.9 Å². The number of thioether (sulfide) groups is 1. The Balaban J connectivity index is 0.000000810. The smallest absolute Gasteiger partial charge is 0.121 e. The first-order chi connectivity index (χ1) is 4.43. The summed E-state index contributed by atoms with van der Waals surface area (Å²) in [7, 11) is 0.703. The van der Waals surface area contributed by atoms with Gasteiger partial charge in [0.15, 0.2) is 0 Å². The lowest BCUT2D eigenvalue weighted by Crippen LogP contribution is -3.00. The molecule has 0 bridgehead atoms. The Morgan fingerprint density at radius 1 is 1.30 bits per heavy atom. The van der Waals surface area contributed by atoms with Gasteiger partial charge in [-0.3, -0.25) is 0 Å². The lowest BCUT2D eigenvalue weighted by atomic mass is 10.9. The summed E-state index contributed by atoms with van der Waals surface area (Å²) in [6.45, 7) is 0. The molecule has 0 aromatic rings. The molecule has 1 aliphatic rings. The summed E-state index contributed by atoms with van der Waals surface area (Å²) in [6, 6.07) is 0. The topological polar surface area (TPSA) is 0 Å². The number of hydrogen-bond acceptors (Lipinski definition) is 1. The van der Waals surface area contributed by atoms with Crippen LogP contribution in [0.2, 0.25) is 0 Å². The summed E-state index contributed by atoms with van der Waals surface area (Å²) in [4.78, 5) is 0. The molecule has 0 atom stereocenters. The second-order valence-electron chi connectivity index (χ2n) is 2.03. The molecule has 0 aromatic heterocycles. The maximum absolute atomic E-state index is 5.64. The quantitative estimate of drug-likeness (QED) is 0.406. The second-order valence-corrected chi connectivity index (χ2v) is 6.08. The van der Waals surface area contributed by atoms with Gasteiger partial charge in [0.05, 0.1) is 5.88 Å². The Morgan fingerprint density at radius 2 is 1.90 bits per heavy atom. The van der Waals surface area contributed by atoms with E-state index in [0.717, 1.165) is 5.88 Å². The highest BCUT2D eigenvalue weighted by atomic mass is 35.5. The van der Waals surface area contributed by atoms with E-state index in [1.54, 1.807) is 0 Å². The van der Waals surface area contributed by atoms with E-state index in [-0.39, 0.29) is 12.4 Å². The van der Waals surface area contributed by atoms with E-state index in [9.17, 15) is 0 Å². The molecule has 1 heterocycles. The van der Waals surface area contributed by atoms with E-state index < -0.39 is 0 Å². The third-order valence-corrected chi connectivity index (χ3v) is 5.66. The van der Waals surface area contributed by atoms with Crippen molar-refractivity contribution in [3.05, 3.63) is 0 Å². The van der Waals surface area contributed by atoms with Crippen molar-refractivity contribution in [2.75, 3.05) is 34.6 Å². The van der Waals surface area contributed by atoms with E-state index in [1.165, 1.54) is 28.8 Å². The molecule has 1 aliphatic heterocycles. The molecule has 10 heavy (non-hydrogen) atoms. The molecule has 4 heteroatoms. The maximum atomic E-state index is 5.64. The molecule has 0 aliphatic carbocycles. The first-order valence-electron chi connectivity index (χ1n) is 3.21. The number of halogens is 2. The fraction of sp³-hybridized carbons (Fsp3) is 1.00. The molecule has 1 rings (SSSR count). The largest absolute Gasteiger partial charge is 1.00 e. The maximum Gasteiger partial charge on any atom is 0.121 e. The lowest BCUT2D eigenvalue weighted by Gasteiger charge is -2.11. The van der Waals surface area contributed by atoms with Gasteiger partial charge in [0, 0.05) is 11.5 Å². The van der Waals surface area contributed by atoms with Crippen LogP contribution in [0.15, 0.2) is 0 Å². The highest BCUT2D eigenvalue weighted by molar-refractivity contribution is 8.05. The first-order valence-corrected chi connectivity index (χ1v) is 6.63. The van der Waals surface area contributed by atoms with Crippen LogP contribution in [0.25, 0.3) is 0 Å². The van der Waals surface area contributed by atoms with Gasteiger partial charge in [-0.2, -0.15) is 11.8 Å². The Kier molecular flexibility index (Phi) is 7.85. The van der Waals surface area contributed by atoms with Gasteiger partial charge < -0.3 is 12.4 Å². The average Bonchev–Trinajstić information content (AvgIpc) is 1.91. The summed E-state index contributed by atoms with van der Waals surface area (Å²) < 4.78 is 0. The summed E-state index contributed by atoms with van der Waals surface area (Å²) >= 11 is 7.72. The third-order valence-electron chi connectivity index (χ3n) is 1.40. The monoisotopic (exact) mass is 218 g/mol. The Morgan fingerprint density at radius 3 is 2.40 bits per heavy atom. The van der Waals surface area contributed by atoms with Gasteiger partial charge in [0.1, 0.15) is 17.3 Å². The zero-order valence-corrected chi connectivity index (χ0v) is 8.96. The molecular weight excluding hydrogens is 207 g/mol. The number of alkyl halides is 1. The average molecular weight is 219 g/mol. The van der Waals surface area contributed by atoms with Gasteiger partial charge in [-0.1, -0.05) is 0 Å².